The monoisotopic (exact) mass is 400 g/mol. The Kier molecular flexibility index (Phi) is 31.5. The van der Waals surface area contributed by atoms with Gasteiger partial charge in [0, 0.05) is 0 Å². The molecular formula is C14H20HfO2. The standard InChI is InChI=1S/2C5H5.2C2H5O.Hf/c2*1-2-4-5-3-1;2*1-2-3;/h2*1-5H;2*2H2,1H3;/q4*-1;+4. The summed E-state index contributed by atoms with van der Waals surface area (Å²) >= 11 is 0. The number of hydrogen-bond donors (Lipinski definition) is 0. The summed E-state index contributed by atoms with van der Waals surface area (Å²) < 4.78 is 0. The molecule has 0 aliphatic carbocycles. The maximum absolute atomic E-state index is 8.93. The van der Waals surface area contributed by atoms with Crippen LogP contribution in [0.3, 0.4) is 0 Å². The Morgan fingerprint density at radius 1 is 0.706 bits per heavy atom. The van der Waals surface area contributed by atoms with E-state index in [4.69, 9.17) is 10.2 Å². The average Bonchev–Trinajstić information content (AvgIpc) is 3.00. The molecule has 92 valence electrons. The van der Waals surface area contributed by atoms with E-state index in [-0.39, 0.29) is 39.1 Å². The van der Waals surface area contributed by atoms with Gasteiger partial charge in [0.25, 0.3) is 0 Å². The Bertz CT molecular complexity index is 176. The molecular weight excluding hydrogens is 379 g/mol. The molecule has 0 bridgehead atoms. The van der Waals surface area contributed by atoms with E-state index in [0.29, 0.717) is 0 Å². The van der Waals surface area contributed by atoms with Crippen molar-refractivity contribution < 1.29 is 36.1 Å². The van der Waals surface area contributed by atoms with Gasteiger partial charge in [-0.15, -0.1) is 13.2 Å². The molecule has 0 N–H and O–H groups in total. The maximum Gasteiger partial charge on any atom is 4.00 e. The van der Waals surface area contributed by atoms with Crippen molar-refractivity contribution in [3.05, 3.63) is 60.7 Å². The van der Waals surface area contributed by atoms with Crippen molar-refractivity contribution in [3.63, 3.8) is 0 Å². The van der Waals surface area contributed by atoms with Crippen LogP contribution in [-0.2, 0) is 25.8 Å². The van der Waals surface area contributed by atoms with Gasteiger partial charge in [-0.3, -0.25) is 0 Å². The van der Waals surface area contributed by atoms with Crippen LogP contribution in [0.25, 0.3) is 0 Å². The summed E-state index contributed by atoms with van der Waals surface area (Å²) in [5.74, 6) is 0. The summed E-state index contributed by atoms with van der Waals surface area (Å²) in [5, 5.41) is 17.9. The van der Waals surface area contributed by atoms with Gasteiger partial charge in [-0.25, -0.2) is 24.3 Å². The molecule has 3 heteroatoms. The van der Waals surface area contributed by atoms with Crippen molar-refractivity contribution in [3.8, 4) is 0 Å². The minimum absolute atomic E-state index is 0. The molecule has 0 aliphatic rings. The molecule has 2 rings (SSSR count). The fourth-order valence-electron chi connectivity index (χ4n) is 0.642. The van der Waals surface area contributed by atoms with E-state index in [1.807, 2.05) is 60.7 Å². The number of rotatable bonds is 0. The Morgan fingerprint density at radius 2 is 0.882 bits per heavy atom. The summed E-state index contributed by atoms with van der Waals surface area (Å²) in [7, 11) is 0. The Hall–Kier alpha value is -0.510. The molecule has 2 nitrogen and oxygen atoms in total. The Morgan fingerprint density at radius 3 is 0.941 bits per heavy atom. The summed E-state index contributed by atoms with van der Waals surface area (Å²) in [6.45, 7) is 3.14. The van der Waals surface area contributed by atoms with E-state index in [2.05, 4.69) is 0 Å². The summed E-state index contributed by atoms with van der Waals surface area (Å²) in [6, 6.07) is 20.0. The quantitative estimate of drug-likeness (QED) is 0.499. The zero-order chi connectivity index (χ0) is 12.5. The van der Waals surface area contributed by atoms with Gasteiger partial charge >= 0.3 is 25.8 Å². The topological polar surface area (TPSA) is 46.1 Å². The molecule has 17 heavy (non-hydrogen) atoms. The van der Waals surface area contributed by atoms with Crippen LogP contribution in [0.2, 0.25) is 0 Å². The van der Waals surface area contributed by atoms with Gasteiger partial charge in [0.15, 0.2) is 0 Å². The van der Waals surface area contributed by atoms with Gasteiger partial charge in [0.1, 0.15) is 0 Å². The molecule has 0 fully saturated rings. The predicted molar refractivity (Wildman–Crippen MR) is 65.2 cm³/mol. The third kappa shape index (κ3) is 31.3. The van der Waals surface area contributed by atoms with Gasteiger partial charge < -0.3 is 10.2 Å². The van der Waals surface area contributed by atoms with Crippen LogP contribution >= 0.6 is 0 Å². The second-order valence-corrected chi connectivity index (χ2v) is 2.50. The first kappa shape index (κ1) is 21.7. The van der Waals surface area contributed by atoms with E-state index >= 15 is 0 Å². The minimum atomic E-state index is 0. The van der Waals surface area contributed by atoms with Crippen molar-refractivity contribution in [1.82, 2.24) is 0 Å². The Labute approximate surface area is 123 Å². The molecule has 0 heterocycles. The third-order valence-electron chi connectivity index (χ3n) is 1.11. The predicted octanol–water partition coefficient (Wildman–Crippen LogP) is 1.54. The molecule has 2 aromatic carbocycles. The second-order valence-electron chi connectivity index (χ2n) is 2.50. The average molecular weight is 399 g/mol. The van der Waals surface area contributed by atoms with Crippen LogP contribution in [0.15, 0.2) is 60.7 Å². The van der Waals surface area contributed by atoms with Crippen LogP contribution in [0, 0.1) is 0 Å². The van der Waals surface area contributed by atoms with Crippen molar-refractivity contribution in [2.24, 2.45) is 0 Å². The normalized spacial score (nSPS) is 6.82. The first-order chi connectivity index (χ1) is 7.83. The van der Waals surface area contributed by atoms with Crippen LogP contribution in [-0.4, -0.2) is 13.2 Å². The molecule has 0 spiro atoms. The maximum atomic E-state index is 8.93. The zero-order valence-corrected chi connectivity index (χ0v) is 14.1. The fourth-order valence-corrected chi connectivity index (χ4v) is 0.642. The van der Waals surface area contributed by atoms with Gasteiger partial charge in [-0.05, 0) is 0 Å². The Balaban J connectivity index is -0.000000157. The van der Waals surface area contributed by atoms with Crippen LogP contribution in [0.1, 0.15) is 13.8 Å². The van der Waals surface area contributed by atoms with Gasteiger partial charge in [0.2, 0.25) is 0 Å². The van der Waals surface area contributed by atoms with Crippen molar-refractivity contribution >= 4 is 0 Å². The molecule has 0 unspecified atom stereocenters. The fraction of sp³-hybridized carbons (Fsp3) is 0.286. The van der Waals surface area contributed by atoms with Gasteiger partial charge in [0.05, 0.1) is 0 Å². The van der Waals surface area contributed by atoms with Crippen LogP contribution in [0.4, 0.5) is 0 Å². The van der Waals surface area contributed by atoms with Crippen molar-refractivity contribution in [1.29, 1.82) is 0 Å². The zero-order valence-electron chi connectivity index (χ0n) is 10.5. The van der Waals surface area contributed by atoms with E-state index in [0.717, 1.165) is 0 Å². The first-order valence-electron chi connectivity index (χ1n) is 5.32. The van der Waals surface area contributed by atoms with Crippen LogP contribution < -0.4 is 10.2 Å². The van der Waals surface area contributed by atoms with E-state index in [9.17, 15) is 0 Å². The molecule has 0 amide bonds. The molecule has 0 radical (unpaired) electrons. The largest absolute Gasteiger partial charge is 4.00 e. The summed E-state index contributed by atoms with van der Waals surface area (Å²) in [4.78, 5) is 0. The van der Waals surface area contributed by atoms with E-state index in [1.165, 1.54) is 0 Å². The molecule has 0 saturated carbocycles. The summed E-state index contributed by atoms with van der Waals surface area (Å²) in [5.41, 5.74) is 0. The number of hydrogen-bond acceptors (Lipinski definition) is 2. The second kappa shape index (κ2) is 24.6. The minimum Gasteiger partial charge on any atom is -0.855 e. The molecule has 0 atom stereocenters. The van der Waals surface area contributed by atoms with E-state index in [1.54, 1.807) is 13.8 Å². The van der Waals surface area contributed by atoms with Crippen molar-refractivity contribution in [2.75, 3.05) is 13.2 Å². The van der Waals surface area contributed by atoms with Crippen molar-refractivity contribution in [2.45, 2.75) is 13.8 Å². The van der Waals surface area contributed by atoms with E-state index < -0.39 is 0 Å². The first-order valence-corrected chi connectivity index (χ1v) is 5.32. The van der Waals surface area contributed by atoms with Crippen LogP contribution in [0.5, 0.6) is 0 Å². The SMILES string of the molecule is CC[O-].CC[O-].[Hf+4].c1cc[cH-]c1.c1cc[cH-]c1. The molecule has 2 aromatic rings. The molecule has 0 saturated heterocycles. The van der Waals surface area contributed by atoms with Gasteiger partial charge in [-0.1, -0.05) is 13.8 Å². The molecule has 0 aromatic heterocycles. The smallest absolute Gasteiger partial charge is 0.855 e. The molecule has 0 aliphatic heterocycles. The van der Waals surface area contributed by atoms with Gasteiger partial charge in [-0.2, -0.15) is 36.4 Å². The summed E-state index contributed by atoms with van der Waals surface area (Å²) in [6.07, 6.45) is 0. The third-order valence-corrected chi connectivity index (χ3v) is 1.11.